The summed E-state index contributed by atoms with van der Waals surface area (Å²) in [5, 5.41) is 0. The highest BCUT2D eigenvalue weighted by atomic mass is 19.1. The zero-order chi connectivity index (χ0) is 19.7. The number of carbonyl (C=O) groups excluding carboxylic acids is 1. The number of nitrogens with zero attached hydrogens (tertiary/aromatic N) is 2. The molecule has 2 aliphatic rings. The number of hydrazine groups is 1. The highest BCUT2D eigenvalue weighted by molar-refractivity contribution is 5.82. The first kappa shape index (κ1) is 18.9. The lowest BCUT2D eigenvalue weighted by Crippen LogP contribution is -2.53. The quantitative estimate of drug-likeness (QED) is 0.857. The van der Waals surface area contributed by atoms with Crippen molar-refractivity contribution in [1.82, 2.24) is 15.8 Å². The van der Waals surface area contributed by atoms with Gasteiger partial charge in [-0.25, -0.2) is 15.2 Å². The molecule has 0 spiro atoms. The standard InChI is InChI=1S/C22H27FN4O/c1-15-4-3-5-21(16(15)2)26-10-12-27(13-11-26)22(28)20-14-19(24-25-20)17-6-8-18(23)9-7-17/h3-9,19-20,24-25H,10-14H2,1-2H3. The molecule has 2 aliphatic heterocycles. The molecular weight excluding hydrogens is 355 g/mol. The Morgan fingerprint density at radius 3 is 2.43 bits per heavy atom. The van der Waals surface area contributed by atoms with Gasteiger partial charge in [0.2, 0.25) is 5.91 Å². The average molecular weight is 382 g/mol. The molecule has 28 heavy (non-hydrogen) atoms. The fraction of sp³-hybridized carbons (Fsp3) is 0.409. The molecule has 2 saturated heterocycles. The predicted molar refractivity (Wildman–Crippen MR) is 109 cm³/mol. The summed E-state index contributed by atoms with van der Waals surface area (Å²) in [5.74, 6) is -0.109. The molecule has 2 atom stereocenters. The lowest BCUT2D eigenvalue weighted by molar-refractivity contribution is -0.133. The Morgan fingerprint density at radius 1 is 1.00 bits per heavy atom. The predicted octanol–water partition coefficient (Wildman–Crippen LogP) is 2.70. The van der Waals surface area contributed by atoms with Crippen molar-refractivity contribution in [2.45, 2.75) is 32.4 Å². The molecule has 5 nitrogen and oxygen atoms in total. The van der Waals surface area contributed by atoms with Gasteiger partial charge in [-0.3, -0.25) is 4.79 Å². The van der Waals surface area contributed by atoms with Gasteiger partial charge in [-0.15, -0.1) is 0 Å². The number of aryl methyl sites for hydroxylation is 1. The molecule has 0 radical (unpaired) electrons. The van der Waals surface area contributed by atoms with Crippen molar-refractivity contribution in [3.8, 4) is 0 Å². The second kappa shape index (κ2) is 7.89. The van der Waals surface area contributed by atoms with Gasteiger partial charge in [0.25, 0.3) is 0 Å². The first-order valence-corrected chi connectivity index (χ1v) is 9.89. The fourth-order valence-corrected chi connectivity index (χ4v) is 4.10. The number of carbonyl (C=O) groups is 1. The van der Waals surface area contributed by atoms with Crippen LogP contribution in [0.2, 0.25) is 0 Å². The van der Waals surface area contributed by atoms with Crippen molar-refractivity contribution < 1.29 is 9.18 Å². The third-order valence-electron chi connectivity index (χ3n) is 5.98. The maximum atomic E-state index is 13.1. The van der Waals surface area contributed by atoms with Gasteiger partial charge < -0.3 is 9.80 Å². The average Bonchev–Trinajstić information content (AvgIpc) is 3.20. The highest BCUT2D eigenvalue weighted by Gasteiger charge is 2.34. The Kier molecular flexibility index (Phi) is 5.33. The molecule has 2 heterocycles. The molecule has 6 heteroatoms. The van der Waals surface area contributed by atoms with Gasteiger partial charge in [0.1, 0.15) is 11.9 Å². The van der Waals surface area contributed by atoms with Crippen LogP contribution in [0.1, 0.15) is 29.2 Å². The maximum Gasteiger partial charge on any atom is 0.241 e. The minimum Gasteiger partial charge on any atom is -0.368 e. The summed E-state index contributed by atoms with van der Waals surface area (Å²) in [4.78, 5) is 17.3. The number of rotatable bonds is 3. The monoisotopic (exact) mass is 382 g/mol. The lowest BCUT2D eigenvalue weighted by Gasteiger charge is -2.38. The zero-order valence-corrected chi connectivity index (χ0v) is 16.4. The molecule has 0 saturated carbocycles. The molecule has 1 amide bonds. The van der Waals surface area contributed by atoms with E-state index in [-0.39, 0.29) is 23.8 Å². The number of anilines is 1. The Bertz CT molecular complexity index is 846. The number of nitrogens with one attached hydrogen (secondary N) is 2. The Morgan fingerprint density at radius 2 is 1.71 bits per heavy atom. The third-order valence-corrected chi connectivity index (χ3v) is 5.98. The molecular formula is C22H27FN4O. The molecule has 0 aromatic heterocycles. The van der Waals surface area contributed by atoms with Crippen molar-refractivity contribution in [3.05, 3.63) is 65.0 Å². The smallest absolute Gasteiger partial charge is 0.241 e. The van der Waals surface area contributed by atoms with Gasteiger partial charge in [0, 0.05) is 37.9 Å². The van der Waals surface area contributed by atoms with Crippen molar-refractivity contribution in [2.75, 3.05) is 31.1 Å². The number of halogens is 1. The van der Waals surface area contributed by atoms with Gasteiger partial charge in [-0.1, -0.05) is 24.3 Å². The van der Waals surface area contributed by atoms with Crippen molar-refractivity contribution in [2.24, 2.45) is 0 Å². The molecule has 2 unspecified atom stereocenters. The van der Waals surface area contributed by atoms with Crippen LogP contribution >= 0.6 is 0 Å². The van der Waals surface area contributed by atoms with E-state index in [1.54, 1.807) is 12.1 Å². The number of hydrogen-bond acceptors (Lipinski definition) is 4. The minimum absolute atomic E-state index is 0.0192. The van der Waals surface area contributed by atoms with Gasteiger partial charge in [-0.2, -0.15) is 0 Å². The van der Waals surface area contributed by atoms with E-state index in [1.165, 1.54) is 28.9 Å². The molecule has 148 valence electrons. The number of amides is 1. The first-order chi connectivity index (χ1) is 13.5. The lowest BCUT2D eigenvalue weighted by atomic mass is 10.0. The van der Waals surface area contributed by atoms with Crippen LogP contribution < -0.4 is 15.8 Å². The van der Waals surface area contributed by atoms with Crippen LogP contribution in [0.25, 0.3) is 0 Å². The van der Waals surface area contributed by atoms with Crippen LogP contribution in [0.15, 0.2) is 42.5 Å². The summed E-state index contributed by atoms with van der Waals surface area (Å²) in [6.07, 6.45) is 0.668. The van der Waals surface area contributed by atoms with Crippen molar-refractivity contribution >= 4 is 11.6 Å². The second-order valence-corrected chi connectivity index (χ2v) is 7.71. The van der Waals surface area contributed by atoms with E-state index < -0.39 is 0 Å². The topological polar surface area (TPSA) is 47.6 Å². The number of hydrogen-bond donors (Lipinski definition) is 2. The summed E-state index contributed by atoms with van der Waals surface area (Å²) in [6.45, 7) is 7.44. The van der Waals surface area contributed by atoms with E-state index in [0.29, 0.717) is 6.42 Å². The summed E-state index contributed by atoms with van der Waals surface area (Å²) < 4.78 is 13.1. The summed E-state index contributed by atoms with van der Waals surface area (Å²) in [5.41, 5.74) is 11.2. The van der Waals surface area contributed by atoms with E-state index in [9.17, 15) is 9.18 Å². The molecule has 4 rings (SSSR count). The van der Waals surface area contributed by atoms with Crippen molar-refractivity contribution in [3.63, 3.8) is 0 Å². The largest absolute Gasteiger partial charge is 0.368 e. The molecule has 2 aromatic carbocycles. The van der Waals surface area contributed by atoms with Crippen LogP contribution in [-0.2, 0) is 4.79 Å². The van der Waals surface area contributed by atoms with Crippen LogP contribution in [0.5, 0.6) is 0 Å². The number of benzene rings is 2. The minimum atomic E-state index is -0.248. The van der Waals surface area contributed by atoms with Gasteiger partial charge >= 0.3 is 0 Å². The Balaban J connectivity index is 1.34. The zero-order valence-electron chi connectivity index (χ0n) is 16.4. The first-order valence-electron chi connectivity index (χ1n) is 9.89. The maximum absolute atomic E-state index is 13.1. The molecule has 2 aromatic rings. The van der Waals surface area contributed by atoms with E-state index in [4.69, 9.17) is 0 Å². The Hall–Kier alpha value is -2.44. The van der Waals surface area contributed by atoms with Crippen molar-refractivity contribution in [1.29, 1.82) is 0 Å². The second-order valence-electron chi connectivity index (χ2n) is 7.71. The van der Waals surface area contributed by atoms with Crippen LogP contribution in [0.3, 0.4) is 0 Å². The summed E-state index contributed by atoms with van der Waals surface area (Å²) >= 11 is 0. The van der Waals surface area contributed by atoms with Crippen LogP contribution in [-0.4, -0.2) is 43.0 Å². The SMILES string of the molecule is Cc1cccc(N2CCN(C(=O)C3CC(c4ccc(F)cc4)NN3)CC2)c1C. The number of piperazine rings is 1. The van der Waals surface area contributed by atoms with Gasteiger partial charge in [0.05, 0.1) is 0 Å². The normalized spacial score (nSPS) is 22.5. The Labute approximate surface area is 165 Å². The van der Waals surface area contributed by atoms with E-state index in [2.05, 4.69) is 47.8 Å². The summed E-state index contributed by atoms with van der Waals surface area (Å²) in [7, 11) is 0. The third kappa shape index (κ3) is 3.75. The highest BCUT2D eigenvalue weighted by Crippen LogP contribution is 2.26. The molecule has 2 fully saturated rings. The van der Waals surface area contributed by atoms with E-state index >= 15 is 0 Å². The van der Waals surface area contributed by atoms with E-state index in [1.807, 2.05) is 4.90 Å². The van der Waals surface area contributed by atoms with Crippen LogP contribution in [0.4, 0.5) is 10.1 Å². The van der Waals surface area contributed by atoms with Gasteiger partial charge in [-0.05, 0) is 55.2 Å². The van der Waals surface area contributed by atoms with Gasteiger partial charge in [0.15, 0.2) is 0 Å². The molecule has 2 N–H and O–H groups in total. The van der Waals surface area contributed by atoms with Crippen LogP contribution in [0, 0.1) is 19.7 Å². The molecule has 0 aliphatic carbocycles. The summed E-state index contributed by atoms with van der Waals surface area (Å²) in [6, 6.07) is 12.6. The fourth-order valence-electron chi connectivity index (χ4n) is 4.10. The van der Waals surface area contributed by atoms with E-state index in [0.717, 1.165) is 31.7 Å². The molecule has 0 bridgehead atoms.